The van der Waals surface area contributed by atoms with E-state index in [1.807, 2.05) is 32.2 Å². The lowest BCUT2D eigenvalue weighted by molar-refractivity contribution is 0.814. The molecule has 0 aliphatic heterocycles. The second kappa shape index (κ2) is 6.46. The van der Waals surface area contributed by atoms with Gasteiger partial charge in [-0.1, -0.05) is 25.5 Å². The first-order valence-corrected chi connectivity index (χ1v) is 7.12. The molecule has 1 N–H and O–H groups in total. The summed E-state index contributed by atoms with van der Waals surface area (Å²) in [7, 11) is 6.06. The monoisotopic (exact) mass is 272 g/mol. The van der Waals surface area contributed by atoms with Crippen LogP contribution in [0.3, 0.4) is 0 Å². The number of hydrogen-bond acceptors (Lipinski definition) is 3. The number of anilines is 2. The lowest BCUT2D eigenvalue weighted by Gasteiger charge is -2.13. The highest BCUT2D eigenvalue weighted by Crippen LogP contribution is 2.15. The van der Waals surface area contributed by atoms with Gasteiger partial charge in [-0.15, -0.1) is 0 Å². The summed E-state index contributed by atoms with van der Waals surface area (Å²) in [6.45, 7) is 2.99. The Morgan fingerprint density at radius 2 is 1.90 bits per heavy atom. The van der Waals surface area contributed by atoms with E-state index < -0.39 is 0 Å². The molecule has 0 atom stereocenters. The molecular formula is C16H24N4. The van der Waals surface area contributed by atoms with Gasteiger partial charge in [-0.3, -0.25) is 0 Å². The molecule has 0 fully saturated rings. The fourth-order valence-corrected chi connectivity index (χ4v) is 2.28. The number of benzene rings is 1. The predicted octanol–water partition coefficient (Wildman–Crippen LogP) is 3.05. The van der Waals surface area contributed by atoms with E-state index in [-0.39, 0.29) is 0 Å². The third kappa shape index (κ3) is 3.32. The molecule has 2 aromatic rings. The van der Waals surface area contributed by atoms with E-state index in [0.29, 0.717) is 0 Å². The Kier molecular flexibility index (Phi) is 4.66. The lowest BCUT2D eigenvalue weighted by Crippen LogP contribution is -2.15. The first-order valence-electron chi connectivity index (χ1n) is 7.12. The minimum atomic E-state index is 0.782. The van der Waals surface area contributed by atoms with Crippen molar-refractivity contribution in [3.8, 4) is 0 Å². The minimum absolute atomic E-state index is 0.782. The zero-order valence-electron chi connectivity index (χ0n) is 12.8. The van der Waals surface area contributed by atoms with Crippen molar-refractivity contribution < 1.29 is 0 Å². The maximum absolute atomic E-state index is 4.41. The molecule has 0 saturated carbocycles. The third-order valence-corrected chi connectivity index (χ3v) is 3.43. The summed E-state index contributed by atoms with van der Waals surface area (Å²) in [4.78, 5) is 6.43. The maximum Gasteiger partial charge on any atom is 0.204 e. The second-order valence-corrected chi connectivity index (χ2v) is 5.30. The average Bonchev–Trinajstić information content (AvgIpc) is 2.80. The average molecular weight is 272 g/mol. The molecule has 0 bridgehead atoms. The van der Waals surface area contributed by atoms with Gasteiger partial charge in [0.1, 0.15) is 0 Å². The molecule has 0 radical (unpaired) electrons. The quantitative estimate of drug-likeness (QED) is 0.877. The molecule has 0 spiro atoms. The summed E-state index contributed by atoms with van der Waals surface area (Å²) < 4.78 is 2.11. The van der Waals surface area contributed by atoms with Crippen LogP contribution in [0, 0.1) is 0 Å². The summed E-state index contributed by atoms with van der Waals surface area (Å²) in [6.07, 6.45) is 4.26. The van der Waals surface area contributed by atoms with Crippen LogP contribution in [-0.4, -0.2) is 23.6 Å². The van der Waals surface area contributed by atoms with Crippen LogP contribution in [0.2, 0.25) is 0 Å². The van der Waals surface area contributed by atoms with Gasteiger partial charge >= 0.3 is 0 Å². The van der Waals surface area contributed by atoms with Crippen molar-refractivity contribution in [1.82, 2.24) is 9.55 Å². The zero-order valence-corrected chi connectivity index (χ0v) is 12.8. The Morgan fingerprint density at radius 3 is 2.45 bits per heavy atom. The Hall–Kier alpha value is -1.97. The smallest absolute Gasteiger partial charge is 0.204 e. The van der Waals surface area contributed by atoms with E-state index >= 15 is 0 Å². The van der Waals surface area contributed by atoms with Crippen molar-refractivity contribution in [3.05, 3.63) is 41.7 Å². The molecule has 0 aliphatic rings. The van der Waals surface area contributed by atoms with Crippen molar-refractivity contribution in [2.24, 2.45) is 7.05 Å². The van der Waals surface area contributed by atoms with Crippen LogP contribution in [-0.2, 0) is 20.0 Å². The van der Waals surface area contributed by atoms with E-state index in [9.17, 15) is 0 Å². The van der Waals surface area contributed by atoms with E-state index in [1.165, 1.54) is 17.7 Å². The van der Waals surface area contributed by atoms with Crippen molar-refractivity contribution in [3.63, 3.8) is 0 Å². The van der Waals surface area contributed by atoms with Gasteiger partial charge in [-0.25, -0.2) is 4.98 Å². The number of imidazole rings is 1. The lowest BCUT2D eigenvalue weighted by atomic mass is 10.1. The standard InChI is InChI=1S/C16H24N4/c1-5-6-13-7-9-14(10-8-13)17-11-15-12-18-16(19(2)3)20(15)4/h7-10,12,17H,5-6,11H2,1-4H3. The Balaban J connectivity index is 1.98. The first kappa shape index (κ1) is 14.4. The highest BCUT2D eigenvalue weighted by molar-refractivity contribution is 5.45. The molecule has 2 rings (SSSR count). The normalized spacial score (nSPS) is 10.6. The van der Waals surface area contributed by atoms with Gasteiger partial charge < -0.3 is 14.8 Å². The van der Waals surface area contributed by atoms with E-state index in [0.717, 1.165) is 24.6 Å². The molecule has 1 heterocycles. The summed E-state index contributed by atoms with van der Waals surface area (Å²) in [5.74, 6) is 0.972. The number of nitrogens with one attached hydrogen (secondary N) is 1. The molecule has 4 nitrogen and oxygen atoms in total. The summed E-state index contributed by atoms with van der Waals surface area (Å²) in [5, 5.41) is 3.44. The number of nitrogens with zero attached hydrogens (tertiary/aromatic N) is 3. The Bertz CT molecular complexity index is 540. The molecule has 20 heavy (non-hydrogen) atoms. The predicted molar refractivity (Wildman–Crippen MR) is 85.3 cm³/mol. The molecular weight excluding hydrogens is 248 g/mol. The van der Waals surface area contributed by atoms with Gasteiger partial charge in [0.25, 0.3) is 0 Å². The Labute approximate surface area is 121 Å². The van der Waals surface area contributed by atoms with Gasteiger partial charge in [-0.2, -0.15) is 0 Å². The highest BCUT2D eigenvalue weighted by atomic mass is 15.3. The summed E-state index contributed by atoms with van der Waals surface area (Å²) in [5.41, 5.74) is 3.72. The third-order valence-electron chi connectivity index (χ3n) is 3.43. The first-order chi connectivity index (χ1) is 9.61. The minimum Gasteiger partial charge on any atom is -0.379 e. The fourth-order valence-electron chi connectivity index (χ4n) is 2.28. The van der Waals surface area contributed by atoms with Crippen molar-refractivity contribution in [2.75, 3.05) is 24.3 Å². The largest absolute Gasteiger partial charge is 0.379 e. The molecule has 4 heteroatoms. The number of hydrogen-bond donors (Lipinski definition) is 1. The van der Waals surface area contributed by atoms with Gasteiger partial charge in [0.05, 0.1) is 18.4 Å². The number of aromatic nitrogens is 2. The highest BCUT2D eigenvalue weighted by Gasteiger charge is 2.07. The van der Waals surface area contributed by atoms with Gasteiger partial charge in [0.15, 0.2) is 0 Å². The van der Waals surface area contributed by atoms with Crippen LogP contribution in [0.1, 0.15) is 24.6 Å². The molecule has 0 unspecified atom stereocenters. The van der Waals surface area contributed by atoms with Crippen LogP contribution in [0.25, 0.3) is 0 Å². The van der Waals surface area contributed by atoms with Gasteiger partial charge in [-0.05, 0) is 24.1 Å². The van der Waals surface area contributed by atoms with Crippen LogP contribution >= 0.6 is 0 Å². The Morgan fingerprint density at radius 1 is 1.20 bits per heavy atom. The van der Waals surface area contributed by atoms with Crippen LogP contribution < -0.4 is 10.2 Å². The summed E-state index contributed by atoms with van der Waals surface area (Å²) >= 11 is 0. The van der Waals surface area contributed by atoms with E-state index in [1.54, 1.807) is 0 Å². The topological polar surface area (TPSA) is 33.1 Å². The van der Waals surface area contributed by atoms with Crippen molar-refractivity contribution in [1.29, 1.82) is 0 Å². The molecule has 1 aromatic heterocycles. The summed E-state index contributed by atoms with van der Waals surface area (Å²) in [6, 6.07) is 8.68. The fraction of sp³-hybridized carbons (Fsp3) is 0.438. The molecule has 0 saturated heterocycles. The van der Waals surface area contributed by atoms with Gasteiger partial charge in [0.2, 0.25) is 5.95 Å². The van der Waals surface area contributed by atoms with Crippen LogP contribution in [0.4, 0.5) is 11.6 Å². The molecule has 108 valence electrons. The van der Waals surface area contributed by atoms with Crippen LogP contribution in [0.15, 0.2) is 30.5 Å². The van der Waals surface area contributed by atoms with Crippen molar-refractivity contribution >= 4 is 11.6 Å². The van der Waals surface area contributed by atoms with E-state index in [2.05, 4.69) is 46.1 Å². The number of rotatable bonds is 6. The van der Waals surface area contributed by atoms with Crippen molar-refractivity contribution in [2.45, 2.75) is 26.3 Å². The SMILES string of the molecule is CCCc1ccc(NCc2cnc(N(C)C)n2C)cc1. The molecule has 0 amide bonds. The zero-order chi connectivity index (χ0) is 14.5. The second-order valence-electron chi connectivity index (χ2n) is 5.30. The maximum atomic E-state index is 4.41. The molecule has 1 aromatic carbocycles. The van der Waals surface area contributed by atoms with Gasteiger partial charge in [0, 0.05) is 26.8 Å². The number of aryl methyl sites for hydroxylation is 1. The van der Waals surface area contributed by atoms with Crippen LogP contribution in [0.5, 0.6) is 0 Å². The van der Waals surface area contributed by atoms with E-state index in [4.69, 9.17) is 0 Å². The molecule has 0 aliphatic carbocycles.